The van der Waals surface area contributed by atoms with Crippen LogP contribution < -0.4 is 10.5 Å². The molecule has 0 saturated heterocycles. The van der Waals surface area contributed by atoms with Crippen LogP contribution in [0.15, 0.2) is 34.9 Å². The van der Waals surface area contributed by atoms with Gasteiger partial charge in [0.2, 0.25) is 5.88 Å². The van der Waals surface area contributed by atoms with Gasteiger partial charge >= 0.3 is 0 Å². The number of pyridine rings is 1. The van der Waals surface area contributed by atoms with Crippen molar-refractivity contribution in [2.24, 2.45) is 5.73 Å². The largest absolute Gasteiger partial charge is 0.438 e. The van der Waals surface area contributed by atoms with E-state index in [1.54, 1.807) is 6.20 Å². The van der Waals surface area contributed by atoms with Gasteiger partial charge in [-0.3, -0.25) is 0 Å². The second-order valence-corrected chi connectivity index (χ2v) is 5.04. The van der Waals surface area contributed by atoms with Crippen LogP contribution in [0.4, 0.5) is 0 Å². The van der Waals surface area contributed by atoms with Crippen molar-refractivity contribution >= 4 is 15.9 Å². The van der Waals surface area contributed by atoms with E-state index in [9.17, 15) is 0 Å². The lowest BCUT2D eigenvalue weighted by atomic mass is 10.1. The second-order valence-electron chi connectivity index (χ2n) is 4.13. The fourth-order valence-corrected chi connectivity index (χ4v) is 2.21. The van der Waals surface area contributed by atoms with E-state index in [2.05, 4.69) is 20.9 Å². The first kappa shape index (κ1) is 13.1. The summed E-state index contributed by atoms with van der Waals surface area (Å²) in [5.41, 5.74) is 8.83. The van der Waals surface area contributed by atoms with Crippen molar-refractivity contribution in [2.45, 2.75) is 20.4 Å². The van der Waals surface area contributed by atoms with Gasteiger partial charge in [-0.2, -0.15) is 0 Å². The molecule has 0 amide bonds. The molecule has 18 heavy (non-hydrogen) atoms. The lowest BCUT2D eigenvalue weighted by Gasteiger charge is -2.12. The number of halogens is 1. The van der Waals surface area contributed by atoms with Gasteiger partial charge in [-0.15, -0.1) is 0 Å². The predicted octanol–water partition coefficient (Wildman–Crippen LogP) is 3.71. The van der Waals surface area contributed by atoms with Crippen molar-refractivity contribution in [1.82, 2.24) is 4.98 Å². The molecule has 0 spiro atoms. The molecule has 0 bridgehead atoms. The first-order valence-electron chi connectivity index (χ1n) is 5.70. The summed E-state index contributed by atoms with van der Waals surface area (Å²) in [6.45, 7) is 4.42. The van der Waals surface area contributed by atoms with Crippen LogP contribution in [0.2, 0.25) is 0 Å². The van der Waals surface area contributed by atoms with Gasteiger partial charge in [0.15, 0.2) is 0 Å². The number of benzene rings is 1. The molecule has 3 nitrogen and oxygen atoms in total. The first-order valence-corrected chi connectivity index (χ1v) is 6.49. The number of ether oxygens (including phenoxy) is 1. The molecule has 0 aliphatic heterocycles. The quantitative estimate of drug-likeness (QED) is 0.940. The Labute approximate surface area is 115 Å². The summed E-state index contributed by atoms with van der Waals surface area (Å²) >= 11 is 3.43. The molecule has 0 unspecified atom stereocenters. The summed E-state index contributed by atoms with van der Waals surface area (Å²) < 4.78 is 6.89. The molecular weight excluding hydrogens is 292 g/mol. The zero-order valence-corrected chi connectivity index (χ0v) is 12.0. The van der Waals surface area contributed by atoms with Crippen LogP contribution in [0, 0.1) is 13.8 Å². The minimum Gasteiger partial charge on any atom is -0.438 e. The van der Waals surface area contributed by atoms with Gasteiger partial charge < -0.3 is 10.5 Å². The Kier molecular flexibility index (Phi) is 3.99. The van der Waals surface area contributed by atoms with Crippen LogP contribution in [0.5, 0.6) is 11.6 Å². The van der Waals surface area contributed by atoms with E-state index >= 15 is 0 Å². The molecule has 0 aliphatic carbocycles. The predicted molar refractivity (Wildman–Crippen MR) is 75.8 cm³/mol. The van der Waals surface area contributed by atoms with Gasteiger partial charge in [-0.25, -0.2) is 4.98 Å². The molecule has 2 N–H and O–H groups in total. The summed E-state index contributed by atoms with van der Waals surface area (Å²) in [6.07, 6.45) is 1.73. The zero-order chi connectivity index (χ0) is 13.1. The van der Waals surface area contributed by atoms with Crippen LogP contribution >= 0.6 is 15.9 Å². The molecular formula is C14H15BrN2O. The van der Waals surface area contributed by atoms with Crippen molar-refractivity contribution in [3.63, 3.8) is 0 Å². The monoisotopic (exact) mass is 306 g/mol. The molecule has 2 rings (SSSR count). The van der Waals surface area contributed by atoms with Crippen LogP contribution in [0.3, 0.4) is 0 Å². The van der Waals surface area contributed by atoms with E-state index in [1.807, 2.05) is 38.1 Å². The SMILES string of the molecule is Cc1cc(Br)ccc1Oc1nccc(C)c1CN. The molecule has 0 radical (unpaired) electrons. The highest BCUT2D eigenvalue weighted by Gasteiger charge is 2.09. The van der Waals surface area contributed by atoms with Crippen molar-refractivity contribution in [3.8, 4) is 11.6 Å². The molecule has 1 aromatic carbocycles. The second kappa shape index (κ2) is 5.50. The van der Waals surface area contributed by atoms with E-state index in [0.717, 1.165) is 26.9 Å². The normalized spacial score (nSPS) is 10.4. The number of nitrogens with zero attached hydrogens (tertiary/aromatic N) is 1. The molecule has 0 saturated carbocycles. The maximum atomic E-state index is 5.86. The number of hydrogen-bond donors (Lipinski definition) is 1. The van der Waals surface area contributed by atoms with E-state index < -0.39 is 0 Å². The minimum atomic E-state index is 0.421. The topological polar surface area (TPSA) is 48.1 Å². The molecule has 4 heteroatoms. The third kappa shape index (κ3) is 2.71. The molecule has 0 atom stereocenters. The summed E-state index contributed by atoms with van der Waals surface area (Å²) in [7, 11) is 0. The Bertz CT molecular complexity index is 570. The number of nitrogens with two attached hydrogens (primary N) is 1. The maximum absolute atomic E-state index is 5.86. The number of aryl methyl sites for hydroxylation is 2. The van der Waals surface area contributed by atoms with Gasteiger partial charge in [-0.1, -0.05) is 15.9 Å². The van der Waals surface area contributed by atoms with E-state index in [4.69, 9.17) is 10.5 Å². The highest BCUT2D eigenvalue weighted by Crippen LogP contribution is 2.29. The van der Waals surface area contributed by atoms with Gasteiger partial charge in [0.25, 0.3) is 0 Å². The number of rotatable bonds is 3. The highest BCUT2D eigenvalue weighted by molar-refractivity contribution is 9.10. The van der Waals surface area contributed by atoms with Crippen molar-refractivity contribution in [1.29, 1.82) is 0 Å². The van der Waals surface area contributed by atoms with Crippen molar-refractivity contribution in [2.75, 3.05) is 0 Å². The third-order valence-electron chi connectivity index (χ3n) is 2.80. The Hall–Kier alpha value is -1.39. The molecule has 0 aliphatic rings. The van der Waals surface area contributed by atoms with E-state index in [-0.39, 0.29) is 0 Å². The summed E-state index contributed by atoms with van der Waals surface area (Å²) in [5, 5.41) is 0. The van der Waals surface area contributed by atoms with Crippen LogP contribution in [0.1, 0.15) is 16.7 Å². The molecule has 1 aromatic heterocycles. The Morgan fingerprint density at radius 3 is 2.67 bits per heavy atom. The van der Waals surface area contributed by atoms with Gasteiger partial charge in [0.05, 0.1) is 0 Å². The average Bonchev–Trinajstić information content (AvgIpc) is 2.33. The summed E-state index contributed by atoms with van der Waals surface area (Å²) in [4.78, 5) is 4.26. The maximum Gasteiger partial charge on any atom is 0.223 e. The smallest absolute Gasteiger partial charge is 0.223 e. The summed E-state index contributed by atoms with van der Waals surface area (Å²) in [5.74, 6) is 1.38. The molecule has 2 aromatic rings. The summed E-state index contributed by atoms with van der Waals surface area (Å²) in [6, 6.07) is 7.81. The van der Waals surface area contributed by atoms with Crippen LogP contribution in [-0.2, 0) is 6.54 Å². The van der Waals surface area contributed by atoms with Crippen molar-refractivity contribution < 1.29 is 4.74 Å². The molecule has 0 fully saturated rings. The molecule has 94 valence electrons. The fraction of sp³-hybridized carbons (Fsp3) is 0.214. The first-order chi connectivity index (χ1) is 8.61. The Balaban J connectivity index is 2.37. The average molecular weight is 307 g/mol. The Morgan fingerprint density at radius 1 is 1.22 bits per heavy atom. The lowest BCUT2D eigenvalue weighted by molar-refractivity contribution is 0.452. The van der Waals surface area contributed by atoms with Gasteiger partial charge in [-0.05, 0) is 49.2 Å². The van der Waals surface area contributed by atoms with Crippen LogP contribution in [-0.4, -0.2) is 4.98 Å². The number of hydrogen-bond acceptors (Lipinski definition) is 3. The highest BCUT2D eigenvalue weighted by atomic mass is 79.9. The number of aromatic nitrogens is 1. The van der Waals surface area contributed by atoms with Crippen molar-refractivity contribution in [3.05, 3.63) is 51.6 Å². The van der Waals surface area contributed by atoms with Crippen LogP contribution in [0.25, 0.3) is 0 Å². The standard InChI is InChI=1S/C14H15BrN2O/c1-9-5-6-17-14(12(9)8-16)18-13-4-3-11(15)7-10(13)2/h3-7H,8,16H2,1-2H3. The van der Waals surface area contributed by atoms with Gasteiger partial charge in [0.1, 0.15) is 5.75 Å². The van der Waals surface area contributed by atoms with Gasteiger partial charge in [0, 0.05) is 22.8 Å². The third-order valence-corrected chi connectivity index (χ3v) is 3.29. The Morgan fingerprint density at radius 2 is 2.00 bits per heavy atom. The fourth-order valence-electron chi connectivity index (χ4n) is 1.73. The molecule has 1 heterocycles. The van der Waals surface area contributed by atoms with E-state index in [0.29, 0.717) is 12.4 Å². The zero-order valence-electron chi connectivity index (χ0n) is 10.4. The lowest BCUT2D eigenvalue weighted by Crippen LogP contribution is -2.04. The van der Waals surface area contributed by atoms with E-state index in [1.165, 1.54) is 0 Å². The minimum absolute atomic E-state index is 0.421.